The molecule has 0 saturated carbocycles. The quantitative estimate of drug-likeness (QED) is 0.580. The second-order valence-corrected chi connectivity index (χ2v) is 6.48. The Balaban J connectivity index is 1.75. The second-order valence-electron chi connectivity index (χ2n) is 6.48. The summed E-state index contributed by atoms with van der Waals surface area (Å²) >= 11 is 0. The predicted octanol–water partition coefficient (Wildman–Crippen LogP) is 2.06. The summed E-state index contributed by atoms with van der Waals surface area (Å²) in [7, 11) is 2.99. The van der Waals surface area contributed by atoms with Crippen LogP contribution in [0.15, 0.2) is 47.5 Å². The molecule has 0 spiro atoms. The molecule has 1 N–H and O–H groups in total. The van der Waals surface area contributed by atoms with Crippen molar-refractivity contribution >= 4 is 16.7 Å². The molecule has 152 valence electrons. The summed E-state index contributed by atoms with van der Waals surface area (Å²) in [4.78, 5) is 28.5. The zero-order valence-electron chi connectivity index (χ0n) is 16.4. The van der Waals surface area contributed by atoms with E-state index < -0.39 is 6.10 Å². The lowest BCUT2D eigenvalue weighted by Crippen LogP contribution is -2.30. The van der Waals surface area contributed by atoms with Crippen LogP contribution in [-0.4, -0.2) is 47.4 Å². The zero-order valence-corrected chi connectivity index (χ0v) is 16.4. The van der Waals surface area contributed by atoms with Gasteiger partial charge in [-0.1, -0.05) is 12.1 Å². The summed E-state index contributed by atoms with van der Waals surface area (Å²) in [5, 5.41) is 10.7. The number of rotatable bonds is 8. The van der Waals surface area contributed by atoms with E-state index in [1.807, 2.05) is 0 Å². The number of benzene rings is 2. The van der Waals surface area contributed by atoms with Gasteiger partial charge in [0, 0.05) is 11.6 Å². The SMILES string of the molecule is COc1cc2ncn(C[C@H](O)COc3cccc(C(C)=O)c3)c(=O)c2cc1OC. The van der Waals surface area contributed by atoms with E-state index in [9.17, 15) is 14.7 Å². The number of hydrogen-bond donors (Lipinski definition) is 1. The third-order valence-corrected chi connectivity index (χ3v) is 4.42. The number of hydrogen-bond acceptors (Lipinski definition) is 7. The Hall–Kier alpha value is -3.39. The molecular formula is C21H22N2O6. The van der Waals surface area contributed by atoms with Crippen LogP contribution in [0.3, 0.4) is 0 Å². The van der Waals surface area contributed by atoms with Crippen LogP contribution >= 0.6 is 0 Å². The van der Waals surface area contributed by atoms with Gasteiger partial charge in [0.15, 0.2) is 17.3 Å². The Labute approximate surface area is 167 Å². The number of aromatic nitrogens is 2. The molecule has 0 bridgehead atoms. The number of ketones is 1. The van der Waals surface area contributed by atoms with Crippen molar-refractivity contribution in [1.82, 2.24) is 9.55 Å². The van der Waals surface area contributed by atoms with Gasteiger partial charge in [0.1, 0.15) is 18.5 Å². The molecule has 29 heavy (non-hydrogen) atoms. The summed E-state index contributed by atoms with van der Waals surface area (Å²) in [6.45, 7) is 1.43. The highest BCUT2D eigenvalue weighted by Crippen LogP contribution is 2.29. The van der Waals surface area contributed by atoms with E-state index in [4.69, 9.17) is 14.2 Å². The number of nitrogens with zero attached hydrogens (tertiary/aromatic N) is 2. The van der Waals surface area contributed by atoms with Crippen molar-refractivity contribution in [3.8, 4) is 17.2 Å². The number of ether oxygens (including phenoxy) is 3. The number of aliphatic hydroxyl groups excluding tert-OH is 1. The lowest BCUT2D eigenvalue weighted by atomic mass is 10.1. The molecule has 0 fully saturated rings. The van der Waals surface area contributed by atoms with E-state index in [-0.39, 0.29) is 24.5 Å². The van der Waals surface area contributed by atoms with Crippen molar-refractivity contribution in [2.45, 2.75) is 19.6 Å². The predicted molar refractivity (Wildman–Crippen MR) is 107 cm³/mol. The number of aliphatic hydroxyl groups is 1. The average molecular weight is 398 g/mol. The minimum Gasteiger partial charge on any atom is -0.493 e. The molecule has 3 rings (SSSR count). The Kier molecular flexibility index (Phi) is 6.13. The van der Waals surface area contributed by atoms with Crippen LogP contribution in [0.2, 0.25) is 0 Å². The minimum absolute atomic E-state index is 0.00250. The molecular weight excluding hydrogens is 376 g/mol. The molecule has 3 aromatic rings. The van der Waals surface area contributed by atoms with Gasteiger partial charge in [-0.3, -0.25) is 14.2 Å². The summed E-state index contributed by atoms with van der Waals surface area (Å²) < 4.78 is 17.3. The van der Waals surface area contributed by atoms with Gasteiger partial charge < -0.3 is 19.3 Å². The van der Waals surface area contributed by atoms with E-state index >= 15 is 0 Å². The summed E-state index contributed by atoms with van der Waals surface area (Å²) in [6.07, 6.45) is 0.420. The minimum atomic E-state index is -0.951. The van der Waals surface area contributed by atoms with E-state index in [1.165, 1.54) is 32.0 Å². The van der Waals surface area contributed by atoms with E-state index in [0.717, 1.165) is 0 Å². The molecule has 0 radical (unpaired) electrons. The molecule has 8 heteroatoms. The van der Waals surface area contributed by atoms with Crippen LogP contribution in [0.1, 0.15) is 17.3 Å². The highest BCUT2D eigenvalue weighted by molar-refractivity contribution is 5.94. The monoisotopic (exact) mass is 398 g/mol. The highest BCUT2D eigenvalue weighted by Gasteiger charge is 2.14. The molecule has 2 aromatic carbocycles. The van der Waals surface area contributed by atoms with Crippen LogP contribution < -0.4 is 19.8 Å². The van der Waals surface area contributed by atoms with Crippen LogP contribution in [0, 0.1) is 0 Å². The molecule has 0 saturated heterocycles. The van der Waals surface area contributed by atoms with Gasteiger partial charge in [-0.2, -0.15) is 0 Å². The molecule has 1 atom stereocenters. The van der Waals surface area contributed by atoms with Gasteiger partial charge in [0.2, 0.25) is 0 Å². The van der Waals surface area contributed by atoms with Crippen molar-refractivity contribution in [1.29, 1.82) is 0 Å². The van der Waals surface area contributed by atoms with Crippen molar-refractivity contribution in [2.24, 2.45) is 0 Å². The van der Waals surface area contributed by atoms with Gasteiger partial charge in [-0.05, 0) is 25.1 Å². The van der Waals surface area contributed by atoms with Gasteiger partial charge in [-0.25, -0.2) is 4.98 Å². The van der Waals surface area contributed by atoms with Gasteiger partial charge in [0.05, 0.1) is 38.0 Å². The summed E-state index contributed by atoms with van der Waals surface area (Å²) in [6, 6.07) is 9.89. The number of methoxy groups -OCH3 is 2. The maximum Gasteiger partial charge on any atom is 0.261 e. The van der Waals surface area contributed by atoms with E-state index in [2.05, 4.69) is 4.98 Å². The largest absolute Gasteiger partial charge is 0.493 e. The summed E-state index contributed by atoms with van der Waals surface area (Å²) in [5.41, 5.74) is 0.681. The fraction of sp³-hybridized carbons (Fsp3) is 0.286. The highest BCUT2D eigenvalue weighted by atomic mass is 16.5. The number of carbonyl (C=O) groups is 1. The molecule has 0 aliphatic rings. The molecule has 1 heterocycles. The van der Waals surface area contributed by atoms with Crippen LogP contribution in [-0.2, 0) is 6.54 Å². The average Bonchev–Trinajstić information content (AvgIpc) is 2.73. The first kappa shape index (κ1) is 20.3. The lowest BCUT2D eigenvalue weighted by molar-refractivity contribution is 0.0913. The molecule has 8 nitrogen and oxygen atoms in total. The van der Waals surface area contributed by atoms with Crippen molar-refractivity contribution in [2.75, 3.05) is 20.8 Å². The molecule has 0 unspecified atom stereocenters. The normalized spacial score (nSPS) is 11.9. The third-order valence-electron chi connectivity index (χ3n) is 4.42. The van der Waals surface area contributed by atoms with Crippen LogP contribution in [0.25, 0.3) is 10.9 Å². The fourth-order valence-corrected chi connectivity index (χ4v) is 2.89. The first-order valence-electron chi connectivity index (χ1n) is 8.96. The smallest absolute Gasteiger partial charge is 0.261 e. The van der Waals surface area contributed by atoms with Gasteiger partial charge >= 0.3 is 0 Å². The first-order chi connectivity index (χ1) is 13.9. The van der Waals surface area contributed by atoms with E-state index in [0.29, 0.717) is 33.7 Å². The number of fused-ring (bicyclic) bond motifs is 1. The molecule has 0 amide bonds. The standard InChI is InChI=1S/C21H22N2O6/c1-13(24)14-5-4-6-16(7-14)29-11-15(25)10-23-12-22-18-9-20(28-3)19(27-2)8-17(18)21(23)26/h4-9,12,15,25H,10-11H2,1-3H3/t15-/m0/s1. The van der Waals surface area contributed by atoms with Crippen LogP contribution in [0.4, 0.5) is 0 Å². The molecule has 0 aliphatic heterocycles. The first-order valence-corrected chi connectivity index (χ1v) is 8.96. The second kappa shape index (κ2) is 8.74. The number of carbonyl (C=O) groups excluding carboxylic acids is 1. The Morgan fingerprint density at radius 2 is 1.90 bits per heavy atom. The Bertz CT molecular complexity index is 1090. The zero-order chi connectivity index (χ0) is 21.0. The Morgan fingerprint density at radius 3 is 2.59 bits per heavy atom. The van der Waals surface area contributed by atoms with Gasteiger partial charge in [-0.15, -0.1) is 0 Å². The van der Waals surface area contributed by atoms with Gasteiger partial charge in [0.25, 0.3) is 5.56 Å². The maximum atomic E-state index is 12.8. The maximum absolute atomic E-state index is 12.8. The van der Waals surface area contributed by atoms with Crippen molar-refractivity contribution in [3.05, 3.63) is 58.6 Å². The van der Waals surface area contributed by atoms with E-state index in [1.54, 1.807) is 36.4 Å². The Morgan fingerprint density at radius 1 is 1.17 bits per heavy atom. The topological polar surface area (TPSA) is 99.9 Å². The summed E-state index contributed by atoms with van der Waals surface area (Å²) in [5.74, 6) is 1.30. The molecule has 0 aliphatic carbocycles. The van der Waals surface area contributed by atoms with Crippen LogP contribution in [0.5, 0.6) is 17.2 Å². The number of Topliss-reactive ketones (excluding diaryl/α,β-unsaturated/α-hetero) is 1. The third kappa shape index (κ3) is 4.55. The van der Waals surface area contributed by atoms with Crippen molar-refractivity contribution in [3.63, 3.8) is 0 Å². The lowest BCUT2D eigenvalue weighted by Gasteiger charge is -2.15. The van der Waals surface area contributed by atoms with Crippen molar-refractivity contribution < 1.29 is 24.1 Å². The fourth-order valence-electron chi connectivity index (χ4n) is 2.89. The molecule has 1 aromatic heterocycles.